The molecule has 0 unspecified atom stereocenters. The SMILES string of the molecule is Nc1ccc(-c2nc3ccc(CC(=O)O)cc3o2)cc1. The van der Waals surface area contributed by atoms with Crippen molar-refractivity contribution in [1.29, 1.82) is 0 Å². The fraction of sp³-hybridized carbons (Fsp3) is 0.0667. The van der Waals surface area contributed by atoms with Crippen molar-refractivity contribution in [1.82, 2.24) is 4.98 Å². The van der Waals surface area contributed by atoms with E-state index in [9.17, 15) is 4.79 Å². The van der Waals surface area contributed by atoms with Gasteiger partial charge in [-0.05, 0) is 42.0 Å². The molecular formula is C15H12N2O3. The van der Waals surface area contributed by atoms with Gasteiger partial charge in [0.25, 0.3) is 0 Å². The van der Waals surface area contributed by atoms with Crippen LogP contribution in [0.5, 0.6) is 0 Å². The number of fused-ring (bicyclic) bond motifs is 1. The third-order valence-electron chi connectivity index (χ3n) is 2.97. The summed E-state index contributed by atoms with van der Waals surface area (Å²) in [5, 5.41) is 8.79. The van der Waals surface area contributed by atoms with Gasteiger partial charge in [0.2, 0.25) is 5.89 Å². The predicted octanol–water partition coefficient (Wildman–Crippen LogP) is 2.70. The van der Waals surface area contributed by atoms with Crippen molar-refractivity contribution in [3.63, 3.8) is 0 Å². The molecule has 0 aliphatic rings. The molecule has 3 rings (SSSR count). The number of aromatic nitrogens is 1. The minimum Gasteiger partial charge on any atom is -0.481 e. The van der Waals surface area contributed by atoms with Gasteiger partial charge in [-0.25, -0.2) is 4.98 Å². The third kappa shape index (κ3) is 2.33. The first-order chi connectivity index (χ1) is 9.61. The molecule has 0 saturated carbocycles. The predicted molar refractivity (Wildman–Crippen MR) is 75.2 cm³/mol. The van der Waals surface area contributed by atoms with Crippen molar-refractivity contribution >= 4 is 22.8 Å². The third-order valence-corrected chi connectivity index (χ3v) is 2.97. The van der Waals surface area contributed by atoms with Crippen LogP contribution in [0.3, 0.4) is 0 Å². The molecular weight excluding hydrogens is 256 g/mol. The molecule has 100 valence electrons. The summed E-state index contributed by atoms with van der Waals surface area (Å²) in [6.07, 6.45) is -0.0339. The lowest BCUT2D eigenvalue weighted by atomic mass is 10.1. The molecule has 5 heteroatoms. The number of carbonyl (C=O) groups is 1. The highest BCUT2D eigenvalue weighted by Gasteiger charge is 2.09. The Balaban J connectivity index is 2.01. The van der Waals surface area contributed by atoms with Gasteiger partial charge in [-0.2, -0.15) is 0 Å². The van der Waals surface area contributed by atoms with E-state index < -0.39 is 5.97 Å². The minimum absolute atomic E-state index is 0.0339. The number of anilines is 1. The topological polar surface area (TPSA) is 89.3 Å². The first-order valence-corrected chi connectivity index (χ1v) is 6.09. The summed E-state index contributed by atoms with van der Waals surface area (Å²) in [5.74, 6) is -0.380. The van der Waals surface area contributed by atoms with Crippen molar-refractivity contribution in [3.8, 4) is 11.5 Å². The highest BCUT2D eigenvalue weighted by atomic mass is 16.4. The van der Waals surface area contributed by atoms with E-state index in [0.29, 0.717) is 28.2 Å². The van der Waals surface area contributed by atoms with Crippen molar-refractivity contribution < 1.29 is 14.3 Å². The van der Waals surface area contributed by atoms with Crippen LogP contribution in [0.25, 0.3) is 22.6 Å². The zero-order valence-corrected chi connectivity index (χ0v) is 10.5. The summed E-state index contributed by atoms with van der Waals surface area (Å²) in [6, 6.07) is 12.4. The van der Waals surface area contributed by atoms with E-state index in [-0.39, 0.29) is 6.42 Å². The summed E-state index contributed by atoms with van der Waals surface area (Å²) < 4.78 is 5.67. The molecule has 0 spiro atoms. The average molecular weight is 268 g/mol. The maximum Gasteiger partial charge on any atom is 0.307 e. The quantitative estimate of drug-likeness (QED) is 0.713. The Morgan fingerprint density at radius 3 is 2.65 bits per heavy atom. The number of nitrogens with zero attached hydrogens (tertiary/aromatic N) is 1. The number of nitrogen functional groups attached to an aromatic ring is 1. The largest absolute Gasteiger partial charge is 0.481 e. The summed E-state index contributed by atoms with van der Waals surface area (Å²) >= 11 is 0. The van der Waals surface area contributed by atoms with Crippen LogP contribution in [0.2, 0.25) is 0 Å². The second-order valence-electron chi connectivity index (χ2n) is 4.51. The Hall–Kier alpha value is -2.82. The van der Waals surface area contributed by atoms with Crippen molar-refractivity contribution in [3.05, 3.63) is 48.0 Å². The van der Waals surface area contributed by atoms with Gasteiger partial charge in [-0.1, -0.05) is 6.07 Å². The first-order valence-electron chi connectivity index (χ1n) is 6.09. The van der Waals surface area contributed by atoms with E-state index in [2.05, 4.69) is 4.98 Å². The van der Waals surface area contributed by atoms with Crippen LogP contribution in [0, 0.1) is 0 Å². The van der Waals surface area contributed by atoms with Gasteiger partial charge in [-0.3, -0.25) is 4.79 Å². The standard InChI is InChI=1S/C15H12N2O3/c16-11-4-2-10(3-5-11)15-17-12-6-1-9(8-14(18)19)7-13(12)20-15/h1-7H,8,16H2,(H,18,19). The summed E-state index contributed by atoms with van der Waals surface area (Å²) in [4.78, 5) is 15.1. The number of oxazole rings is 1. The molecule has 1 heterocycles. The van der Waals surface area contributed by atoms with E-state index in [1.807, 2.05) is 12.1 Å². The fourth-order valence-electron chi connectivity index (χ4n) is 2.00. The summed E-state index contributed by atoms with van der Waals surface area (Å²) in [5.41, 5.74) is 9.11. The molecule has 3 aromatic rings. The van der Waals surface area contributed by atoms with Crippen molar-refractivity contribution in [2.45, 2.75) is 6.42 Å². The molecule has 1 aromatic heterocycles. The number of rotatable bonds is 3. The molecule has 0 bridgehead atoms. The molecule has 0 fully saturated rings. The number of benzene rings is 2. The van der Waals surface area contributed by atoms with Gasteiger partial charge in [-0.15, -0.1) is 0 Å². The number of carboxylic acids is 1. The lowest BCUT2D eigenvalue weighted by Gasteiger charge is -1.95. The van der Waals surface area contributed by atoms with Gasteiger partial charge >= 0.3 is 5.97 Å². The monoisotopic (exact) mass is 268 g/mol. The van der Waals surface area contributed by atoms with Crippen LogP contribution < -0.4 is 5.73 Å². The molecule has 0 aliphatic heterocycles. The molecule has 5 nitrogen and oxygen atoms in total. The maximum atomic E-state index is 10.7. The number of carboxylic acid groups (broad SMARTS) is 1. The highest BCUT2D eigenvalue weighted by Crippen LogP contribution is 2.25. The zero-order valence-electron chi connectivity index (χ0n) is 10.5. The highest BCUT2D eigenvalue weighted by molar-refractivity contribution is 5.79. The van der Waals surface area contributed by atoms with E-state index in [4.69, 9.17) is 15.3 Å². The molecule has 0 aliphatic carbocycles. The normalized spacial score (nSPS) is 10.8. The Morgan fingerprint density at radius 1 is 1.20 bits per heavy atom. The minimum atomic E-state index is -0.873. The lowest BCUT2D eigenvalue weighted by Crippen LogP contribution is -1.99. The molecule has 0 atom stereocenters. The van der Waals surface area contributed by atoms with E-state index in [1.165, 1.54) is 0 Å². The Kier molecular flexibility index (Phi) is 2.87. The van der Waals surface area contributed by atoms with Gasteiger partial charge in [0.15, 0.2) is 5.58 Å². The van der Waals surface area contributed by atoms with Gasteiger partial charge in [0, 0.05) is 11.3 Å². The van der Waals surface area contributed by atoms with Crippen LogP contribution in [0.1, 0.15) is 5.56 Å². The van der Waals surface area contributed by atoms with Crippen LogP contribution in [0.15, 0.2) is 46.9 Å². The van der Waals surface area contributed by atoms with Crippen LogP contribution in [-0.2, 0) is 11.2 Å². The lowest BCUT2D eigenvalue weighted by molar-refractivity contribution is -0.136. The van der Waals surface area contributed by atoms with Crippen LogP contribution in [0.4, 0.5) is 5.69 Å². The maximum absolute atomic E-state index is 10.7. The van der Waals surface area contributed by atoms with E-state index in [0.717, 1.165) is 5.56 Å². The Bertz CT molecular complexity index is 775. The number of hydrogen-bond acceptors (Lipinski definition) is 4. The van der Waals surface area contributed by atoms with Gasteiger partial charge in [0.1, 0.15) is 5.52 Å². The summed E-state index contributed by atoms with van der Waals surface area (Å²) in [6.45, 7) is 0. The molecule has 0 amide bonds. The molecule has 3 N–H and O–H groups in total. The number of nitrogens with two attached hydrogens (primary N) is 1. The number of hydrogen-bond donors (Lipinski definition) is 2. The summed E-state index contributed by atoms with van der Waals surface area (Å²) in [7, 11) is 0. The Labute approximate surface area is 114 Å². The van der Waals surface area contributed by atoms with E-state index in [1.54, 1.807) is 30.3 Å². The first kappa shape index (κ1) is 12.2. The Morgan fingerprint density at radius 2 is 1.95 bits per heavy atom. The molecule has 20 heavy (non-hydrogen) atoms. The van der Waals surface area contributed by atoms with Crippen LogP contribution >= 0.6 is 0 Å². The van der Waals surface area contributed by atoms with E-state index >= 15 is 0 Å². The van der Waals surface area contributed by atoms with Crippen LogP contribution in [-0.4, -0.2) is 16.1 Å². The van der Waals surface area contributed by atoms with Crippen molar-refractivity contribution in [2.75, 3.05) is 5.73 Å². The zero-order chi connectivity index (χ0) is 14.1. The smallest absolute Gasteiger partial charge is 0.307 e. The second kappa shape index (κ2) is 4.70. The van der Waals surface area contributed by atoms with Crippen molar-refractivity contribution in [2.24, 2.45) is 0 Å². The fourth-order valence-corrected chi connectivity index (χ4v) is 2.00. The molecule has 0 radical (unpaired) electrons. The second-order valence-corrected chi connectivity index (χ2v) is 4.51. The number of aliphatic carboxylic acids is 1. The molecule has 2 aromatic carbocycles. The average Bonchev–Trinajstić information content (AvgIpc) is 2.81. The van der Waals surface area contributed by atoms with Gasteiger partial charge < -0.3 is 15.3 Å². The molecule has 0 saturated heterocycles. The van der Waals surface area contributed by atoms with Gasteiger partial charge in [0.05, 0.1) is 6.42 Å².